The number of halogens is 1. The van der Waals surface area contributed by atoms with Gasteiger partial charge >= 0.3 is 0 Å². The van der Waals surface area contributed by atoms with Gasteiger partial charge in [-0.25, -0.2) is 14.4 Å². The molecular formula is C16H20FN3. The SMILES string of the molecule is CCc1cc(NCc2cc(C)c(F)c(C)c2)nc(C)n1. The molecule has 2 aromatic rings. The molecule has 0 saturated heterocycles. The monoisotopic (exact) mass is 273 g/mol. The fraction of sp³-hybridized carbons (Fsp3) is 0.375. The molecule has 20 heavy (non-hydrogen) atoms. The summed E-state index contributed by atoms with van der Waals surface area (Å²) in [7, 11) is 0. The third-order valence-corrected chi connectivity index (χ3v) is 3.22. The number of nitrogens with zero attached hydrogens (tertiary/aromatic N) is 2. The number of aromatic nitrogens is 2. The van der Waals surface area contributed by atoms with Gasteiger partial charge in [-0.05, 0) is 43.9 Å². The van der Waals surface area contributed by atoms with Gasteiger partial charge in [-0.1, -0.05) is 19.1 Å². The fourth-order valence-corrected chi connectivity index (χ4v) is 2.23. The highest BCUT2D eigenvalue weighted by molar-refractivity contribution is 5.39. The Balaban J connectivity index is 2.14. The maximum atomic E-state index is 13.6. The molecular weight excluding hydrogens is 253 g/mol. The number of hydrogen-bond donors (Lipinski definition) is 1. The molecule has 106 valence electrons. The molecule has 0 unspecified atom stereocenters. The van der Waals surface area contributed by atoms with Gasteiger partial charge in [0.2, 0.25) is 0 Å². The normalized spacial score (nSPS) is 10.7. The lowest BCUT2D eigenvalue weighted by Crippen LogP contribution is -2.05. The van der Waals surface area contributed by atoms with Crippen LogP contribution in [0.25, 0.3) is 0 Å². The smallest absolute Gasteiger partial charge is 0.130 e. The van der Waals surface area contributed by atoms with E-state index >= 15 is 0 Å². The van der Waals surface area contributed by atoms with Crippen LogP contribution in [0.4, 0.5) is 10.2 Å². The van der Waals surface area contributed by atoms with Crippen LogP contribution in [0.1, 0.15) is 35.1 Å². The first kappa shape index (κ1) is 14.4. The minimum atomic E-state index is -0.125. The molecule has 0 aliphatic heterocycles. The van der Waals surface area contributed by atoms with Crippen LogP contribution in [0.5, 0.6) is 0 Å². The standard InChI is InChI=1S/C16H20FN3/c1-5-14-8-15(20-12(4)19-14)18-9-13-6-10(2)16(17)11(3)7-13/h6-8H,5,9H2,1-4H3,(H,18,19,20). The van der Waals surface area contributed by atoms with E-state index in [1.807, 2.05) is 25.1 Å². The van der Waals surface area contributed by atoms with Crippen molar-refractivity contribution < 1.29 is 4.39 Å². The van der Waals surface area contributed by atoms with Gasteiger partial charge in [0.05, 0.1) is 0 Å². The van der Waals surface area contributed by atoms with Crippen molar-refractivity contribution in [3.05, 3.63) is 52.2 Å². The van der Waals surface area contributed by atoms with Crippen molar-refractivity contribution in [1.29, 1.82) is 0 Å². The van der Waals surface area contributed by atoms with Crippen molar-refractivity contribution in [2.75, 3.05) is 5.32 Å². The summed E-state index contributed by atoms with van der Waals surface area (Å²) in [5.74, 6) is 1.45. The predicted molar refractivity (Wildman–Crippen MR) is 79.3 cm³/mol. The first-order chi connectivity index (χ1) is 9.49. The third kappa shape index (κ3) is 3.32. The minimum absolute atomic E-state index is 0.125. The highest BCUT2D eigenvalue weighted by Gasteiger charge is 2.05. The van der Waals surface area contributed by atoms with Gasteiger partial charge in [0, 0.05) is 18.3 Å². The van der Waals surface area contributed by atoms with Gasteiger partial charge in [-0.3, -0.25) is 0 Å². The quantitative estimate of drug-likeness (QED) is 0.922. The third-order valence-electron chi connectivity index (χ3n) is 3.22. The zero-order valence-corrected chi connectivity index (χ0v) is 12.4. The summed E-state index contributed by atoms with van der Waals surface area (Å²) in [5, 5.41) is 3.28. The summed E-state index contributed by atoms with van der Waals surface area (Å²) in [4.78, 5) is 8.71. The first-order valence-corrected chi connectivity index (χ1v) is 6.83. The van der Waals surface area contributed by atoms with Crippen LogP contribution in [-0.2, 0) is 13.0 Å². The van der Waals surface area contributed by atoms with Crippen molar-refractivity contribution in [3.8, 4) is 0 Å². The number of benzene rings is 1. The van der Waals surface area contributed by atoms with Crippen LogP contribution in [0.2, 0.25) is 0 Å². The zero-order valence-electron chi connectivity index (χ0n) is 12.4. The molecule has 0 amide bonds. The molecule has 1 aromatic carbocycles. The lowest BCUT2D eigenvalue weighted by molar-refractivity contribution is 0.608. The molecule has 1 heterocycles. The van der Waals surface area contributed by atoms with E-state index in [0.29, 0.717) is 17.7 Å². The van der Waals surface area contributed by atoms with Gasteiger partial charge < -0.3 is 5.32 Å². The molecule has 1 N–H and O–H groups in total. The van der Waals surface area contributed by atoms with E-state index in [0.717, 1.165) is 29.3 Å². The molecule has 0 bridgehead atoms. The topological polar surface area (TPSA) is 37.8 Å². The van der Waals surface area contributed by atoms with Crippen molar-refractivity contribution in [2.45, 2.75) is 40.7 Å². The Hall–Kier alpha value is -1.97. The van der Waals surface area contributed by atoms with E-state index in [4.69, 9.17) is 0 Å². The molecule has 1 aromatic heterocycles. The van der Waals surface area contributed by atoms with Gasteiger partial charge in [0.25, 0.3) is 0 Å². The summed E-state index contributed by atoms with van der Waals surface area (Å²) in [6, 6.07) is 5.68. The Morgan fingerprint density at radius 3 is 2.30 bits per heavy atom. The second-order valence-corrected chi connectivity index (χ2v) is 5.04. The van der Waals surface area contributed by atoms with Crippen molar-refractivity contribution in [1.82, 2.24) is 9.97 Å². The van der Waals surface area contributed by atoms with Crippen LogP contribution in [0.3, 0.4) is 0 Å². The van der Waals surface area contributed by atoms with Gasteiger partial charge in [-0.2, -0.15) is 0 Å². The summed E-state index contributed by atoms with van der Waals surface area (Å²) in [6.07, 6.45) is 0.882. The number of anilines is 1. The van der Waals surface area contributed by atoms with Crippen LogP contribution in [0.15, 0.2) is 18.2 Å². The Labute approximate surface area is 119 Å². The minimum Gasteiger partial charge on any atom is -0.366 e. The van der Waals surface area contributed by atoms with Crippen LogP contribution >= 0.6 is 0 Å². The van der Waals surface area contributed by atoms with E-state index in [1.54, 1.807) is 13.8 Å². The maximum Gasteiger partial charge on any atom is 0.130 e. The Kier molecular flexibility index (Phi) is 4.32. The molecule has 0 atom stereocenters. The van der Waals surface area contributed by atoms with E-state index in [1.165, 1.54) is 0 Å². The van der Waals surface area contributed by atoms with Crippen LogP contribution in [0, 0.1) is 26.6 Å². The number of aryl methyl sites for hydroxylation is 4. The lowest BCUT2D eigenvalue weighted by atomic mass is 10.1. The number of rotatable bonds is 4. The van der Waals surface area contributed by atoms with Gasteiger partial charge in [0.15, 0.2) is 0 Å². The fourth-order valence-electron chi connectivity index (χ4n) is 2.23. The molecule has 0 spiro atoms. The summed E-state index contributed by atoms with van der Waals surface area (Å²) < 4.78 is 13.6. The highest BCUT2D eigenvalue weighted by atomic mass is 19.1. The molecule has 3 nitrogen and oxygen atoms in total. The van der Waals surface area contributed by atoms with E-state index in [-0.39, 0.29) is 5.82 Å². The Bertz CT molecular complexity index is 600. The number of nitrogens with one attached hydrogen (secondary N) is 1. The van der Waals surface area contributed by atoms with Crippen LogP contribution in [-0.4, -0.2) is 9.97 Å². The summed E-state index contributed by atoms with van der Waals surface area (Å²) in [5.41, 5.74) is 3.42. The first-order valence-electron chi connectivity index (χ1n) is 6.83. The van der Waals surface area contributed by atoms with E-state index in [9.17, 15) is 4.39 Å². The van der Waals surface area contributed by atoms with Gasteiger partial charge in [-0.15, -0.1) is 0 Å². The molecule has 0 saturated carbocycles. The molecule has 0 radical (unpaired) electrons. The average molecular weight is 273 g/mol. The molecule has 0 aliphatic rings. The predicted octanol–water partition coefficient (Wildman–Crippen LogP) is 3.72. The second kappa shape index (κ2) is 5.99. The van der Waals surface area contributed by atoms with Crippen molar-refractivity contribution >= 4 is 5.82 Å². The highest BCUT2D eigenvalue weighted by Crippen LogP contribution is 2.16. The summed E-state index contributed by atoms with van der Waals surface area (Å²) >= 11 is 0. The Morgan fingerprint density at radius 2 is 1.70 bits per heavy atom. The number of hydrogen-bond acceptors (Lipinski definition) is 3. The molecule has 0 fully saturated rings. The van der Waals surface area contributed by atoms with Crippen molar-refractivity contribution in [3.63, 3.8) is 0 Å². The Morgan fingerprint density at radius 1 is 1.05 bits per heavy atom. The zero-order chi connectivity index (χ0) is 14.7. The van der Waals surface area contributed by atoms with E-state index < -0.39 is 0 Å². The molecule has 4 heteroatoms. The average Bonchev–Trinajstić information content (AvgIpc) is 2.41. The maximum absolute atomic E-state index is 13.6. The largest absolute Gasteiger partial charge is 0.366 e. The van der Waals surface area contributed by atoms with E-state index in [2.05, 4.69) is 22.2 Å². The molecule has 2 rings (SSSR count). The van der Waals surface area contributed by atoms with Crippen molar-refractivity contribution in [2.24, 2.45) is 0 Å². The van der Waals surface area contributed by atoms with Crippen LogP contribution < -0.4 is 5.32 Å². The molecule has 0 aliphatic carbocycles. The lowest BCUT2D eigenvalue weighted by Gasteiger charge is -2.10. The second-order valence-electron chi connectivity index (χ2n) is 5.04. The van der Waals surface area contributed by atoms with Gasteiger partial charge in [0.1, 0.15) is 17.5 Å². The summed E-state index contributed by atoms with van der Waals surface area (Å²) in [6.45, 7) is 8.15.